The Morgan fingerprint density at radius 2 is 1.00 bits per heavy atom. The van der Waals surface area contributed by atoms with Crippen LogP contribution in [-0.4, -0.2) is 11.7 Å². The molecule has 0 saturated carbocycles. The maximum absolute atomic E-state index is 8.57. The fourth-order valence-corrected chi connectivity index (χ4v) is 1.60. The molecule has 1 N–H and O–H groups in total. The molecule has 0 aromatic rings. The predicted molar refractivity (Wildman–Crippen MR) is 70.0 cm³/mol. The molecular weight excluding hydrogens is 191 g/mol. The molecule has 0 rings (SSSR count). The van der Waals surface area contributed by atoms with Crippen LogP contribution in [0.15, 0.2) is 0 Å². The third-order valence-electron chi connectivity index (χ3n) is 2.51. The van der Waals surface area contributed by atoms with Crippen molar-refractivity contribution in [3.05, 3.63) is 0 Å². The van der Waals surface area contributed by atoms with E-state index in [-0.39, 0.29) is 9.90 Å². The Kier molecular flexibility index (Phi) is 19.0. The van der Waals surface area contributed by atoms with Crippen LogP contribution < -0.4 is 0 Å². The lowest BCUT2D eigenvalue weighted by Crippen LogP contribution is -1.84. The van der Waals surface area contributed by atoms with E-state index in [1.165, 1.54) is 57.8 Å². The summed E-state index contributed by atoms with van der Waals surface area (Å²) in [4.78, 5) is 0. The van der Waals surface area contributed by atoms with E-state index in [1.54, 1.807) is 0 Å². The highest BCUT2D eigenvalue weighted by atomic mass is 31.0. The van der Waals surface area contributed by atoms with Gasteiger partial charge in [-0.2, -0.15) is 9.90 Å². The smallest absolute Gasteiger partial charge is 0.0431 e. The maximum Gasteiger partial charge on any atom is 0.0431 e. The van der Waals surface area contributed by atoms with Crippen molar-refractivity contribution in [3.63, 3.8) is 0 Å². The molecule has 0 aromatic heterocycles. The molecule has 0 radical (unpaired) electrons. The summed E-state index contributed by atoms with van der Waals surface area (Å²) in [5.74, 6) is 0. The Morgan fingerprint density at radius 3 is 1.36 bits per heavy atom. The zero-order chi connectivity index (χ0) is 9.78. The van der Waals surface area contributed by atoms with Crippen molar-refractivity contribution in [2.24, 2.45) is 0 Å². The fourth-order valence-electron chi connectivity index (χ4n) is 1.60. The zero-order valence-electron chi connectivity index (χ0n) is 9.93. The summed E-state index contributed by atoms with van der Waals surface area (Å²) >= 11 is 0. The van der Waals surface area contributed by atoms with Crippen molar-refractivity contribution < 1.29 is 5.11 Å². The molecule has 0 heterocycles. The lowest BCUT2D eigenvalue weighted by Gasteiger charge is -2.00. The van der Waals surface area contributed by atoms with E-state index in [9.17, 15) is 0 Å². The summed E-state index contributed by atoms with van der Waals surface area (Å²) in [6.07, 6.45) is 13.3. The van der Waals surface area contributed by atoms with Crippen LogP contribution in [0, 0.1) is 0 Å². The van der Waals surface area contributed by atoms with Gasteiger partial charge in [0.2, 0.25) is 0 Å². The van der Waals surface area contributed by atoms with Crippen LogP contribution in [0.3, 0.4) is 0 Å². The van der Waals surface area contributed by atoms with Gasteiger partial charge in [0.1, 0.15) is 0 Å². The highest BCUT2D eigenvalue weighted by molar-refractivity contribution is 6.92. The van der Waals surface area contributed by atoms with E-state index < -0.39 is 0 Å². The van der Waals surface area contributed by atoms with Gasteiger partial charge in [-0.3, -0.25) is 0 Å². The summed E-state index contributed by atoms with van der Waals surface area (Å²) < 4.78 is 0. The van der Waals surface area contributed by atoms with Crippen molar-refractivity contribution in [1.29, 1.82) is 0 Å². The van der Waals surface area contributed by atoms with Crippen molar-refractivity contribution in [3.8, 4) is 0 Å². The molecule has 0 aliphatic carbocycles. The largest absolute Gasteiger partial charge is 0.396 e. The minimum absolute atomic E-state index is 0. The van der Waals surface area contributed by atoms with Crippen LogP contribution in [0.25, 0.3) is 0 Å². The van der Waals surface area contributed by atoms with Crippen LogP contribution in [0.1, 0.15) is 71.1 Å². The molecule has 0 aromatic carbocycles. The highest BCUT2D eigenvalue weighted by Gasteiger charge is 1.91. The maximum atomic E-state index is 8.57. The van der Waals surface area contributed by atoms with E-state index >= 15 is 0 Å². The Hall–Kier alpha value is 0.390. The van der Waals surface area contributed by atoms with Crippen LogP contribution >= 0.6 is 9.90 Å². The van der Waals surface area contributed by atoms with Gasteiger partial charge in [0.05, 0.1) is 0 Å². The lowest BCUT2D eigenvalue weighted by atomic mass is 10.1. The van der Waals surface area contributed by atoms with Gasteiger partial charge in [0.15, 0.2) is 0 Å². The highest BCUT2D eigenvalue weighted by Crippen LogP contribution is 2.09. The summed E-state index contributed by atoms with van der Waals surface area (Å²) in [6.45, 7) is 2.63. The van der Waals surface area contributed by atoms with Gasteiger partial charge in [0, 0.05) is 6.61 Å². The number of aliphatic hydroxyl groups excluding tert-OH is 1. The molecular formula is C12H29OP. The Bertz CT molecular complexity index is 76.4. The van der Waals surface area contributed by atoms with Crippen LogP contribution in [0.2, 0.25) is 0 Å². The zero-order valence-corrected chi connectivity index (χ0v) is 11.3. The van der Waals surface area contributed by atoms with Crippen LogP contribution in [0.4, 0.5) is 0 Å². The van der Waals surface area contributed by atoms with Crippen molar-refractivity contribution in [1.82, 2.24) is 0 Å². The standard InChI is InChI=1S/C12H26O.H3P/c1-2-3-4-5-6-7-8-9-10-11-12-13;/h13H,2-12H2,1H3;1H3. The molecule has 1 unspecified atom stereocenters. The molecule has 14 heavy (non-hydrogen) atoms. The summed E-state index contributed by atoms with van der Waals surface area (Å²) in [6, 6.07) is 0. The van der Waals surface area contributed by atoms with E-state index in [0.29, 0.717) is 6.61 Å². The molecule has 0 bridgehead atoms. The quantitative estimate of drug-likeness (QED) is 0.436. The average molecular weight is 220 g/mol. The second-order valence-electron chi connectivity index (χ2n) is 3.91. The summed E-state index contributed by atoms with van der Waals surface area (Å²) in [7, 11) is 0. The van der Waals surface area contributed by atoms with Gasteiger partial charge in [0.25, 0.3) is 0 Å². The second kappa shape index (κ2) is 15.8. The molecule has 0 amide bonds. The second-order valence-corrected chi connectivity index (χ2v) is 3.91. The SMILES string of the molecule is CCCCCCCCCCCCO.P. The fraction of sp³-hybridized carbons (Fsp3) is 1.00. The number of hydrogen-bond donors (Lipinski definition) is 1. The number of rotatable bonds is 10. The number of aliphatic hydroxyl groups is 1. The van der Waals surface area contributed by atoms with Gasteiger partial charge in [-0.25, -0.2) is 0 Å². The summed E-state index contributed by atoms with van der Waals surface area (Å²) in [5, 5.41) is 8.57. The van der Waals surface area contributed by atoms with Crippen molar-refractivity contribution in [2.75, 3.05) is 6.61 Å². The van der Waals surface area contributed by atoms with Gasteiger partial charge in [-0.15, -0.1) is 0 Å². The first-order valence-electron chi connectivity index (χ1n) is 6.02. The third-order valence-corrected chi connectivity index (χ3v) is 2.51. The third kappa shape index (κ3) is 14.9. The Labute approximate surface area is 93.3 Å². The van der Waals surface area contributed by atoms with Crippen LogP contribution in [0.5, 0.6) is 0 Å². The van der Waals surface area contributed by atoms with Gasteiger partial charge >= 0.3 is 0 Å². The van der Waals surface area contributed by atoms with E-state index in [0.717, 1.165) is 6.42 Å². The first-order chi connectivity index (χ1) is 6.41. The molecule has 88 valence electrons. The topological polar surface area (TPSA) is 20.2 Å². The Balaban J connectivity index is 0. The van der Waals surface area contributed by atoms with E-state index in [2.05, 4.69) is 6.92 Å². The van der Waals surface area contributed by atoms with Crippen molar-refractivity contribution >= 4 is 9.90 Å². The molecule has 1 nitrogen and oxygen atoms in total. The number of unbranched alkanes of at least 4 members (excludes halogenated alkanes) is 9. The molecule has 2 heteroatoms. The molecule has 0 aliphatic heterocycles. The molecule has 0 spiro atoms. The monoisotopic (exact) mass is 220 g/mol. The minimum atomic E-state index is 0. The minimum Gasteiger partial charge on any atom is -0.396 e. The van der Waals surface area contributed by atoms with E-state index in [4.69, 9.17) is 5.11 Å². The number of hydrogen-bond acceptors (Lipinski definition) is 1. The molecule has 0 fully saturated rings. The Morgan fingerprint density at radius 1 is 0.643 bits per heavy atom. The average Bonchev–Trinajstić information content (AvgIpc) is 2.16. The van der Waals surface area contributed by atoms with Gasteiger partial charge < -0.3 is 5.11 Å². The van der Waals surface area contributed by atoms with Gasteiger partial charge in [-0.1, -0.05) is 64.7 Å². The first kappa shape index (κ1) is 16.8. The molecule has 0 aliphatic rings. The van der Waals surface area contributed by atoms with E-state index in [1.807, 2.05) is 0 Å². The normalized spacial score (nSPS) is 9.86. The van der Waals surface area contributed by atoms with Crippen molar-refractivity contribution in [2.45, 2.75) is 71.1 Å². The van der Waals surface area contributed by atoms with Crippen LogP contribution in [-0.2, 0) is 0 Å². The lowest BCUT2D eigenvalue weighted by molar-refractivity contribution is 0.282. The molecule has 1 atom stereocenters. The first-order valence-corrected chi connectivity index (χ1v) is 6.02. The van der Waals surface area contributed by atoms with Gasteiger partial charge in [-0.05, 0) is 6.42 Å². The predicted octanol–water partition coefficient (Wildman–Crippen LogP) is 3.96. The molecule has 0 saturated heterocycles. The summed E-state index contributed by atoms with van der Waals surface area (Å²) in [5.41, 5.74) is 0.